The number of methoxy groups -OCH3 is 1. The topological polar surface area (TPSA) is 59.6 Å². The van der Waals surface area contributed by atoms with E-state index in [0.717, 1.165) is 0 Å². The van der Waals surface area contributed by atoms with Crippen LogP contribution in [0.2, 0.25) is 0 Å². The predicted octanol–water partition coefficient (Wildman–Crippen LogP) is 2.44. The summed E-state index contributed by atoms with van der Waals surface area (Å²) in [6, 6.07) is 5.24. The van der Waals surface area contributed by atoms with Gasteiger partial charge in [-0.3, -0.25) is 0 Å². The number of carbonyl (C=O) groups excluding carboxylic acids is 1. The third-order valence-corrected chi connectivity index (χ3v) is 2.15. The molecule has 1 unspecified atom stereocenters. The molecule has 0 aliphatic heterocycles. The zero-order valence-corrected chi connectivity index (χ0v) is 10.7. The van der Waals surface area contributed by atoms with E-state index in [1.54, 1.807) is 13.0 Å². The molecule has 19 heavy (non-hydrogen) atoms. The van der Waals surface area contributed by atoms with Gasteiger partial charge in [0.25, 0.3) is 0 Å². The normalized spacial score (nSPS) is 12.1. The summed E-state index contributed by atoms with van der Waals surface area (Å²) in [5, 5.41) is 5.03. The Bertz CT molecular complexity index is 416. The number of para-hydroxylation sites is 2. The van der Waals surface area contributed by atoms with Crippen molar-refractivity contribution in [3.05, 3.63) is 24.3 Å². The van der Waals surface area contributed by atoms with E-state index >= 15 is 0 Å². The Kier molecular flexibility index (Phi) is 6.01. The number of ether oxygens (including phenoxy) is 2. The van der Waals surface area contributed by atoms with Crippen LogP contribution >= 0.6 is 0 Å². The van der Waals surface area contributed by atoms with Crippen LogP contribution in [0.4, 0.5) is 19.3 Å². The molecule has 5 nitrogen and oxygen atoms in total. The molecule has 0 spiro atoms. The van der Waals surface area contributed by atoms with E-state index in [-0.39, 0.29) is 17.5 Å². The molecule has 0 radical (unpaired) electrons. The Morgan fingerprint density at radius 2 is 2.05 bits per heavy atom. The molecule has 7 heteroatoms. The molecule has 0 aliphatic carbocycles. The van der Waals surface area contributed by atoms with Crippen molar-refractivity contribution in [3.8, 4) is 5.75 Å². The van der Waals surface area contributed by atoms with Gasteiger partial charge in [-0.25, -0.2) is 4.79 Å². The summed E-state index contributed by atoms with van der Waals surface area (Å²) < 4.78 is 33.5. The Hall–Kier alpha value is -1.89. The van der Waals surface area contributed by atoms with Crippen molar-refractivity contribution < 1.29 is 23.0 Å². The molecule has 2 N–H and O–H groups in total. The van der Waals surface area contributed by atoms with Crippen LogP contribution in [0.5, 0.6) is 5.75 Å². The number of halogens is 2. The number of amides is 2. The summed E-state index contributed by atoms with van der Waals surface area (Å²) in [5.41, 5.74) is 0.171. The molecule has 0 heterocycles. The van der Waals surface area contributed by atoms with Crippen molar-refractivity contribution >= 4 is 11.7 Å². The van der Waals surface area contributed by atoms with Crippen LogP contribution in [0.3, 0.4) is 0 Å². The van der Waals surface area contributed by atoms with Gasteiger partial charge in [0, 0.05) is 7.11 Å². The van der Waals surface area contributed by atoms with Crippen molar-refractivity contribution in [1.29, 1.82) is 0 Å². The van der Waals surface area contributed by atoms with E-state index < -0.39 is 12.6 Å². The monoisotopic (exact) mass is 274 g/mol. The largest absolute Gasteiger partial charge is 0.433 e. The third kappa shape index (κ3) is 5.52. The van der Waals surface area contributed by atoms with Gasteiger partial charge in [0.1, 0.15) is 5.75 Å². The van der Waals surface area contributed by atoms with Crippen molar-refractivity contribution in [3.63, 3.8) is 0 Å². The highest BCUT2D eigenvalue weighted by atomic mass is 19.3. The van der Waals surface area contributed by atoms with E-state index in [9.17, 15) is 13.6 Å². The molecule has 0 aliphatic rings. The highest BCUT2D eigenvalue weighted by Gasteiger charge is 2.12. The average Bonchev–Trinajstić information content (AvgIpc) is 2.31. The van der Waals surface area contributed by atoms with Gasteiger partial charge in [-0.2, -0.15) is 8.78 Å². The van der Waals surface area contributed by atoms with E-state index in [1.807, 2.05) is 0 Å². The summed E-state index contributed by atoms with van der Waals surface area (Å²) >= 11 is 0. The molecule has 0 bridgehead atoms. The zero-order chi connectivity index (χ0) is 14.3. The smallest absolute Gasteiger partial charge is 0.387 e. The number of benzene rings is 1. The van der Waals surface area contributed by atoms with Crippen LogP contribution in [-0.4, -0.2) is 32.4 Å². The van der Waals surface area contributed by atoms with Crippen LogP contribution < -0.4 is 15.4 Å². The number of hydrogen-bond donors (Lipinski definition) is 2. The quantitative estimate of drug-likeness (QED) is 0.837. The van der Waals surface area contributed by atoms with Crippen molar-refractivity contribution in [1.82, 2.24) is 5.32 Å². The number of urea groups is 1. The molecule has 0 aromatic heterocycles. The minimum atomic E-state index is -2.95. The molecular weight excluding hydrogens is 258 g/mol. The second-order valence-electron chi connectivity index (χ2n) is 3.83. The van der Waals surface area contributed by atoms with E-state index in [1.165, 1.54) is 25.3 Å². The van der Waals surface area contributed by atoms with Crippen LogP contribution in [0.1, 0.15) is 6.92 Å². The van der Waals surface area contributed by atoms with E-state index in [4.69, 9.17) is 4.74 Å². The minimum Gasteiger partial charge on any atom is -0.433 e. The molecule has 0 saturated heterocycles. The maximum Gasteiger partial charge on any atom is 0.387 e. The highest BCUT2D eigenvalue weighted by Crippen LogP contribution is 2.25. The highest BCUT2D eigenvalue weighted by molar-refractivity contribution is 5.91. The maximum atomic E-state index is 12.2. The maximum absolute atomic E-state index is 12.2. The van der Waals surface area contributed by atoms with Gasteiger partial charge >= 0.3 is 12.6 Å². The first-order chi connectivity index (χ1) is 9.02. The summed E-state index contributed by atoms with van der Waals surface area (Å²) in [4.78, 5) is 11.6. The molecule has 1 rings (SSSR count). The molecule has 0 fully saturated rings. The third-order valence-electron chi connectivity index (χ3n) is 2.15. The average molecular weight is 274 g/mol. The zero-order valence-electron chi connectivity index (χ0n) is 10.7. The fourth-order valence-electron chi connectivity index (χ4n) is 1.44. The number of nitrogens with one attached hydrogen (secondary N) is 2. The lowest BCUT2D eigenvalue weighted by Crippen LogP contribution is -2.38. The summed E-state index contributed by atoms with van der Waals surface area (Å²) in [7, 11) is 1.52. The van der Waals surface area contributed by atoms with E-state index in [2.05, 4.69) is 15.4 Å². The van der Waals surface area contributed by atoms with Crippen LogP contribution in [0.15, 0.2) is 24.3 Å². The van der Waals surface area contributed by atoms with E-state index in [0.29, 0.717) is 6.61 Å². The predicted molar refractivity (Wildman–Crippen MR) is 66.6 cm³/mol. The van der Waals surface area contributed by atoms with Gasteiger partial charge in [0.2, 0.25) is 0 Å². The van der Waals surface area contributed by atoms with Crippen molar-refractivity contribution in [2.75, 3.05) is 19.0 Å². The van der Waals surface area contributed by atoms with Gasteiger partial charge in [0.15, 0.2) is 0 Å². The Labute approximate surface area is 109 Å². The number of alkyl halides is 2. The lowest BCUT2D eigenvalue weighted by atomic mass is 10.3. The Balaban J connectivity index is 2.63. The molecule has 1 aromatic rings. The van der Waals surface area contributed by atoms with Crippen LogP contribution in [0.25, 0.3) is 0 Å². The first-order valence-electron chi connectivity index (χ1n) is 5.63. The lowest BCUT2D eigenvalue weighted by Gasteiger charge is -2.15. The van der Waals surface area contributed by atoms with Gasteiger partial charge in [-0.05, 0) is 19.1 Å². The number of carbonyl (C=O) groups is 1. The Morgan fingerprint density at radius 1 is 1.37 bits per heavy atom. The fraction of sp³-hybridized carbons (Fsp3) is 0.417. The molecule has 2 amide bonds. The second-order valence-corrected chi connectivity index (χ2v) is 3.83. The first kappa shape index (κ1) is 15.2. The van der Waals surface area contributed by atoms with Gasteiger partial charge in [-0.1, -0.05) is 12.1 Å². The molecule has 1 atom stereocenters. The summed E-state index contributed by atoms with van der Waals surface area (Å²) in [6.45, 7) is -0.841. The molecular formula is C12H16F2N2O3. The standard InChI is InChI=1S/C12H16F2N2O3/c1-8(7-18-2)15-12(17)16-9-5-3-4-6-10(9)19-11(13)14/h3-6,8,11H,7H2,1-2H3,(H2,15,16,17). The summed E-state index contributed by atoms with van der Waals surface area (Å²) in [6.07, 6.45) is 0. The number of anilines is 1. The molecule has 106 valence electrons. The van der Waals surface area contributed by atoms with Crippen LogP contribution in [0, 0.1) is 0 Å². The fourth-order valence-corrected chi connectivity index (χ4v) is 1.44. The van der Waals surface area contributed by atoms with Crippen molar-refractivity contribution in [2.24, 2.45) is 0 Å². The van der Waals surface area contributed by atoms with Gasteiger partial charge in [-0.15, -0.1) is 0 Å². The number of hydrogen-bond acceptors (Lipinski definition) is 3. The van der Waals surface area contributed by atoms with Gasteiger partial charge < -0.3 is 20.1 Å². The Morgan fingerprint density at radius 3 is 2.68 bits per heavy atom. The first-order valence-corrected chi connectivity index (χ1v) is 5.63. The summed E-state index contributed by atoms with van der Waals surface area (Å²) in [5.74, 6) is -0.0907. The molecule has 0 saturated carbocycles. The van der Waals surface area contributed by atoms with Gasteiger partial charge in [0.05, 0.1) is 18.3 Å². The van der Waals surface area contributed by atoms with Crippen LogP contribution in [-0.2, 0) is 4.74 Å². The lowest BCUT2D eigenvalue weighted by molar-refractivity contribution is -0.0493. The minimum absolute atomic E-state index is 0.0907. The SMILES string of the molecule is COCC(C)NC(=O)Nc1ccccc1OC(F)F. The number of rotatable bonds is 6. The second kappa shape index (κ2) is 7.52. The van der Waals surface area contributed by atoms with Crippen molar-refractivity contribution in [2.45, 2.75) is 19.6 Å². The molecule has 1 aromatic carbocycles.